The van der Waals surface area contributed by atoms with Gasteiger partial charge in [-0.2, -0.15) is 18.3 Å². The van der Waals surface area contributed by atoms with Crippen molar-refractivity contribution < 1.29 is 18.0 Å². The van der Waals surface area contributed by atoms with Crippen LogP contribution in [0.2, 0.25) is 0 Å². The van der Waals surface area contributed by atoms with E-state index in [0.29, 0.717) is 28.1 Å². The molecule has 0 spiro atoms. The molecule has 1 aliphatic heterocycles. The first-order valence-corrected chi connectivity index (χ1v) is 8.58. The zero-order valence-corrected chi connectivity index (χ0v) is 14.6. The van der Waals surface area contributed by atoms with Gasteiger partial charge in [-0.25, -0.2) is 0 Å². The predicted molar refractivity (Wildman–Crippen MR) is 93.7 cm³/mol. The summed E-state index contributed by atoms with van der Waals surface area (Å²) in [4.78, 5) is 18.4. The molecule has 0 aliphatic carbocycles. The number of fused-ring (bicyclic) bond motifs is 1. The molecule has 5 nitrogen and oxygen atoms in total. The first kappa shape index (κ1) is 17.5. The number of nitrogens with zero attached hydrogens (tertiary/aromatic N) is 4. The third-order valence-electron chi connectivity index (χ3n) is 4.72. The maximum absolute atomic E-state index is 13.0. The summed E-state index contributed by atoms with van der Waals surface area (Å²) in [6.45, 7) is 3.65. The molecule has 3 heterocycles. The Hall–Kier alpha value is -2.90. The number of benzene rings is 1. The smallest absolute Gasteiger partial charge is 0.340 e. The Morgan fingerprint density at radius 3 is 2.67 bits per heavy atom. The quantitative estimate of drug-likeness (QED) is 0.704. The van der Waals surface area contributed by atoms with Gasteiger partial charge in [-0.05, 0) is 29.7 Å². The largest absolute Gasteiger partial charge is 0.416 e. The van der Waals surface area contributed by atoms with E-state index in [0.717, 1.165) is 25.2 Å². The number of amides is 1. The number of hydrogen-bond donors (Lipinski definition) is 0. The van der Waals surface area contributed by atoms with Crippen molar-refractivity contribution in [3.05, 3.63) is 48.3 Å². The molecular formula is C19H17F3N4O. The second-order valence-corrected chi connectivity index (χ2v) is 6.91. The van der Waals surface area contributed by atoms with Crippen LogP contribution in [0.4, 0.5) is 13.2 Å². The van der Waals surface area contributed by atoms with Crippen LogP contribution in [-0.2, 0) is 17.5 Å². The van der Waals surface area contributed by atoms with Crippen molar-refractivity contribution in [2.45, 2.75) is 19.6 Å². The molecule has 27 heavy (non-hydrogen) atoms. The topological polar surface area (TPSA) is 51.0 Å². The Morgan fingerprint density at radius 2 is 1.96 bits per heavy atom. The normalized spacial score (nSPS) is 15.2. The minimum absolute atomic E-state index is 0.0254. The number of hydrogen-bond acceptors (Lipinski definition) is 3. The maximum atomic E-state index is 13.0. The Kier molecular flexibility index (Phi) is 4.13. The third kappa shape index (κ3) is 3.39. The molecule has 4 rings (SSSR count). The molecule has 8 heteroatoms. The lowest BCUT2D eigenvalue weighted by atomic mass is 10.0. The van der Waals surface area contributed by atoms with Crippen LogP contribution in [-0.4, -0.2) is 38.7 Å². The molecule has 1 saturated heterocycles. The predicted octanol–water partition coefficient (Wildman–Crippen LogP) is 3.60. The summed E-state index contributed by atoms with van der Waals surface area (Å²) in [5, 5.41) is 4.21. The molecular weight excluding hydrogens is 357 g/mol. The van der Waals surface area contributed by atoms with E-state index >= 15 is 0 Å². The van der Waals surface area contributed by atoms with Crippen LogP contribution in [0.15, 0.2) is 42.7 Å². The van der Waals surface area contributed by atoms with E-state index in [4.69, 9.17) is 0 Å². The minimum atomic E-state index is -4.41. The van der Waals surface area contributed by atoms with Gasteiger partial charge in [0.05, 0.1) is 17.3 Å². The first-order chi connectivity index (χ1) is 12.8. The highest BCUT2D eigenvalue weighted by molar-refractivity contribution is 5.83. The zero-order chi connectivity index (χ0) is 19.2. The van der Waals surface area contributed by atoms with Crippen molar-refractivity contribution in [1.29, 1.82) is 0 Å². The monoisotopic (exact) mass is 374 g/mol. The van der Waals surface area contributed by atoms with E-state index in [-0.39, 0.29) is 12.5 Å². The summed E-state index contributed by atoms with van der Waals surface area (Å²) in [7, 11) is 0. The molecule has 0 bridgehead atoms. The van der Waals surface area contributed by atoms with Gasteiger partial charge >= 0.3 is 6.18 Å². The Balaban J connectivity index is 1.65. The summed E-state index contributed by atoms with van der Waals surface area (Å²) < 4.78 is 40.4. The fraction of sp³-hybridized carbons (Fsp3) is 0.316. The average Bonchev–Trinajstić information content (AvgIpc) is 3.00. The number of alkyl halides is 3. The number of carbonyl (C=O) groups excluding carboxylic acids is 1. The lowest BCUT2D eigenvalue weighted by Crippen LogP contribution is -2.49. The average molecular weight is 374 g/mol. The second-order valence-electron chi connectivity index (χ2n) is 6.91. The summed E-state index contributed by atoms with van der Waals surface area (Å²) in [5.41, 5.74) is 1.45. The van der Waals surface area contributed by atoms with Crippen LogP contribution in [0.3, 0.4) is 0 Å². The fourth-order valence-corrected chi connectivity index (χ4v) is 3.25. The Bertz CT molecular complexity index is 1010. The molecule has 140 valence electrons. The summed E-state index contributed by atoms with van der Waals surface area (Å²) >= 11 is 0. The van der Waals surface area contributed by atoms with E-state index in [1.54, 1.807) is 27.9 Å². The number of pyridine rings is 1. The fourth-order valence-electron chi connectivity index (χ4n) is 3.25. The number of aromatic nitrogens is 3. The SMILES string of the molecule is CC1CN(C(=O)Cn2ncc3ncc(-c4cccc(C(F)(F)F)c4)cc32)C1. The molecule has 0 unspecified atom stereocenters. The lowest BCUT2D eigenvalue weighted by Gasteiger charge is -2.37. The Morgan fingerprint density at radius 1 is 1.19 bits per heavy atom. The molecule has 2 aromatic heterocycles. The molecule has 0 atom stereocenters. The molecule has 1 fully saturated rings. The number of halogens is 3. The highest BCUT2D eigenvalue weighted by Gasteiger charge is 2.30. The van der Waals surface area contributed by atoms with Crippen LogP contribution < -0.4 is 0 Å². The van der Waals surface area contributed by atoms with Crippen LogP contribution >= 0.6 is 0 Å². The van der Waals surface area contributed by atoms with Gasteiger partial charge in [-0.3, -0.25) is 14.5 Å². The number of carbonyl (C=O) groups is 1. The maximum Gasteiger partial charge on any atom is 0.416 e. The molecule has 0 saturated carbocycles. The van der Waals surface area contributed by atoms with Crippen molar-refractivity contribution in [2.24, 2.45) is 5.92 Å². The van der Waals surface area contributed by atoms with Gasteiger partial charge in [0.2, 0.25) is 5.91 Å². The number of likely N-dealkylation sites (tertiary alicyclic amines) is 1. The highest BCUT2D eigenvalue weighted by Crippen LogP contribution is 2.32. The minimum Gasteiger partial charge on any atom is -0.340 e. The molecule has 0 radical (unpaired) electrons. The van der Waals surface area contributed by atoms with Crippen molar-refractivity contribution in [3.8, 4) is 11.1 Å². The van der Waals surface area contributed by atoms with Gasteiger partial charge in [0.25, 0.3) is 0 Å². The van der Waals surface area contributed by atoms with Crippen LogP contribution in [0.25, 0.3) is 22.2 Å². The second kappa shape index (κ2) is 6.37. The van der Waals surface area contributed by atoms with Gasteiger partial charge in [0.15, 0.2) is 0 Å². The van der Waals surface area contributed by atoms with Gasteiger partial charge in [0.1, 0.15) is 12.1 Å². The van der Waals surface area contributed by atoms with Gasteiger partial charge in [0, 0.05) is 24.8 Å². The van der Waals surface area contributed by atoms with E-state index in [1.165, 1.54) is 12.3 Å². The van der Waals surface area contributed by atoms with E-state index in [1.807, 2.05) is 0 Å². The van der Waals surface area contributed by atoms with Crippen LogP contribution in [0.1, 0.15) is 12.5 Å². The van der Waals surface area contributed by atoms with E-state index in [9.17, 15) is 18.0 Å². The lowest BCUT2D eigenvalue weighted by molar-refractivity contribution is -0.138. The summed E-state index contributed by atoms with van der Waals surface area (Å²) in [6.07, 6.45) is -1.34. The number of rotatable bonds is 3. The molecule has 1 amide bonds. The van der Waals surface area contributed by atoms with Crippen LogP contribution in [0.5, 0.6) is 0 Å². The van der Waals surface area contributed by atoms with Crippen LogP contribution in [0, 0.1) is 5.92 Å². The summed E-state index contributed by atoms with van der Waals surface area (Å²) in [6, 6.07) is 6.82. The van der Waals surface area contributed by atoms with Crippen molar-refractivity contribution >= 4 is 16.9 Å². The van der Waals surface area contributed by atoms with Crippen molar-refractivity contribution in [1.82, 2.24) is 19.7 Å². The molecule has 1 aliphatic rings. The molecule has 1 aromatic carbocycles. The van der Waals surface area contributed by atoms with Gasteiger partial charge in [-0.1, -0.05) is 19.1 Å². The highest BCUT2D eigenvalue weighted by atomic mass is 19.4. The van der Waals surface area contributed by atoms with Gasteiger partial charge in [-0.15, -0.1) is 0 Å². The first-order valence-electron chi connectivity index (χ1n) is 8.58. The van der Waals surface area contributed by atoms with Crippen molar-refractivity contribution in [3.63, 3.8) is 0 Å². The summed E-state index contributed by atoms with van der Waals surface area (Å²) in [5.74, 6) is 0.486. The Labute approximate surface area is 153 Å². The van der Waals surface area contributed by atoms with Crippen molar-refractivity contribution in [2.75, 3.05) is 13.1 Å². The van der Waals surface area contributed by atoms with E-state index < -0.39 is 11.7 Å². The zero-order valence-electron chi connectivity index (χ0n) is 14.6. The van der Waals surface area contributed by atoms with Gasteiger partial charge < -0.3 is 4.90 Å². The van der Waals surface area contributed by atoms with E-state index in [2.05, 4.69) is 17.0 Å². The third-order valence-corrected chi connectivity index (χ3v) is 4.72. The molecule has 3 aromatic rings. The standard InChI is InChI=1S/C19H17F3N4O/c1-12-9-25(10-12)18(27)11-26-17-6-14(7-23-16(17)8-24-26)13-3-2-4-15(5-13)19(20,21)22/h2-8,12H,9-11H2,1H3. The molecule has 0 N–H and O–H groups in total.